The summed E-state index contributed by atoms with van der Waals surface area (Å²) in [5, 5.41) is 8.64. The molecule has 0 aromatic carbocycles. The summed E-state index contributed by atoms with van der Waals surface area (Å²) >= 11 is 2.75. The fraction of sp³-hybridized carbons (Fsp3) is 0.333. The van der Waals surface area contributed by atoms with Gasteiger partial charge in [0, 0.05) is 5.75 Å². The summed E-state index contributed by atoms with van der Waals surface area (Å²) in [4.78, 5) is 14.8. The highest BCUT2D eigenvalue weighted by atomic mass is 32.2. The zero-order chi connectivity index (χ0) is 8.27. The second-order valence-electron chi connectivity index (χ2n) is 1.87. The van der Waals surface area contributed by atoms with Crippen LogP contribution in [-0.4, -0.2) is 22.3 Å². The van der Waals surface area contributed by atoms with Crippen molar-refractivity contribution in [3.05, 3.63) is 16.1 Å². The number of carboxylic acid groups (broad SMARTS) is 1. The van der Waals surface area contributed by atoms with Gasteiger partial charge >= 0.3 is 5.97 Å². The second kappa shape index (κ2) is 3.73. The van der Waals surface area contributed by atoms with Gasteiger partial charge in [0.1, 0.15) is 4.88 Å². The third-order valence-corrected chi connectivity index (χ3v) is 2.54. The van der Waals surface area contributed by atoms with Crippen LogP contribution in [0.25, 0.3) is 0 Å². The lowest BCUT2D eigenvalue weighted by Gasteiger charge is -1.92. The number of thioether (sulfide) groups is 1. The van der Waals surface area contributed by atoms with E-state index in [1.807, 2.05) is 6.26 Å². The highest BCUT2D eigenvalue weighted by Gasteiger charge is 2.11. The van der Waals surface area contributed by atoms with E-state index < -0.39 is 5.97 Å². The van der Waals surface area contributed by atoms with Crippen molar-refractivity contribution < 1.29 is 9.90 Å². The molecule has 0 spiro atoms. The predicted molar refractivity (Wildman–Crippen MR) is 46.3 cm³/mol. The molecule has 0 fully saturated rings. The summed E-state index contributed by atoms with van der Waals surface area (Å²) < 4.78 is 0. The summed E-state index contributed by atoms with van der Waals surface area (Å²) in [7, 11) is 0. The zero-order valence-electron chi connectivity index (χ0n) is 5.90. The molecule has 11 heavy (non-hydrogen) atoms. The van der Waals surface area contributed by atoms with E-state index in [0.29, 0.717) is 16.3 Å². The first kappa shape index (κ1) is 8.55. The van der Waals surface area contributed by atoms with Crippen molar-refractivity contribution in [3.63, 3.8) is 0 Å². The topological polar surface area (TPSA) is 50.2 Å². The van der Waals surface area contributed by atoms with Gasteiger partial charge in [0.2, 0.25) is 0 Å². The van der Waals surface area contributed by atoms with Gasteiger partial charge in [0.25, 0.3) is 0 Å². The Morgan fingerprint density at radius 1 is 1.91 bits per heavy atom. The number of rotatable bonds is 3. The quantitative estimate of drug-likeness (QED) is 0.786. The molecule has 3 nitrogen and oxygen atoms in total. The Balaban J connectivity index is 2.87. The van der Waals surface area contributed by atoms with E-state index in [1.54, 1.807) is 17.3 Å². The van der Waals surface area contributed by atoms with Crippen molar-refractivity contribution in [1.82, 2.24) is 4.98 Å². The van der Waals surface area contributed by atoms with Gasteiger partial charge in [0.05, 0.1) is 11.2 Å². The summed E-state index contributed by atoms with van der Waals surface area (Å²) in [5.74, 6) is -0.206. The minimum absolute atomic E-state index is 0.361. The fourth-order valence-corrected chi connectivity index (χ4v) is 1.91. The monoisotopic (exact) mass is 189 g/mol. The third kappa shape index (κ3) is 1.94. The minimum atomic E-state index is -0.878. The third-order valence-electron chi connectivity index (χ3n) is 1.12. The van der Waals surface area contributed by atoms with Crippen LogP contribution in [0.4, 0.5) is 0 Å². The molecule has 0 saturated carbocycles. The smallest absolute Gasteiger partial charge is 0.347 e. The average molecular weight is 189 g/mol. The van der Waals surface area contributed by atoms with Gasteiger partial charge in [-0.15, -0.1) is 11.3 Å². The number of thiazole rings is 1. The van der Waals surface area contributed by atoms with Crippen molar-refractivity contribution in [3.8, 4) is 0 Å². The molecule has 1 N–H and O–H groups in total. The maximum absolute atomic E-state index is 10.5. The molecule has 0 radical (unpaired) electrons. The molecule has 0 amide bonds. The van der Waals surface area contributed by atoms with Crippen LogP contribution in [0.5, 0.6) is 0 Å². The normalized spacial score (nSPS) is 9.91. The molecule has 1 rings (SSSR count). The van der Waals surface area contributed by atoms with Crippen molar-refractivity contribution in [2.24, 2.45) is 0 Å². The highest BCUT2D eigenvalue weighted by molar-refractivity contribution is 7.97. The number of carbonyl (C=O) groups is 1. The van der Waals surface area contributed by atoms with Crippen LogP contribution in [0.15, 0.2) is 5.51 Å². The maximum Gasteiger partial charge on any atom is 0.347 e. The van der Waals surface area contributed by atoms with Crippen LogP contribution in [0.3, 0.4) is 0 Å². The van der Waals surface area contributed by atoms with E-state index in [9.17, 15) is 4.79 Å². The Hall–Kier alpha value is -0.550. The average Bonchev–Trinajstić information content (AvgIpc) is 2.36. The molecule has 0 aliphatic rings. The second-order valence-corrected chi connectivity index (χ2v) is 3.59. The number of aromatic nitrogens is 1. The molecule has 1 aromatic rings. The molecule has 0 atom stereocenters. The maximum atomic E-state index is 10.5. The molecule has 0 unspecified atom stereocenters. The lowest BCUT2D eigenvalue weighted by Crippen LogP contribution is -1.97. The Morgan fingerprint density at radius 2 is 2.64 bits per heavy atom. The molecule has 1 heterocycles. The van der Waals surface area contributed by atoms with Gasteiger partial charge in [-0.25, -0.2) is 9.78 Å². The molecular weight excluding hydrogens is 182 g/mol. The van der Waals surface area contributed by atoms with Gasteiger partial charge in [-0.2, -0.15) is 11.8 Å². The molecule has 0 bridgehead atoms. The van der Waals surface area contributed by atoms with Gasteiger partial charge in [0.15, 0.2) is 0 Å². The zero-order valence-corrected chi connectivity index (χ0v) is 7.54. The molecule has 60 valence electrons. The van der Waals surface area contributed by atoms with Crippen molar-refractivity contribution in [1.29, 1.82) is 0 Å². The van der Waals surface area contributed by atoms with Crippen LogP contribution in [0.2, 0.25) is 0 Å². The lowest BCUT2D eigenvalue weighted by molar-refractivity contribution is 0.0701. The van der Waals surface area contributed by atoms with E-state index >= 15 is 0 Å². The molecule has 5 heteroatoms. The first-order valence-corrected chi connectivity index (χ1v) is 5.17. The first-order valence-electron chi connectivity index (χ1n) is 2.90. The van der Waals surface area contributed by atoms with Gasteiger partial charge in [-0.1, -0.05) is 0 Å². The Labute approximate surface area is 72.5 Å². The Morgan fingerprint density at radius 3 is 3.18 bits per heavy atom. The van der Waals surface area contributed by atoms with Crippen LogP contribution in [-0.2, 0) is 5.75 Å². The molecule has 0 saturated heterocycles. The first-order chi connectivity index (χ1) is 5.25. The van der Waals surface area contributed by atoms with E-state index in [-0.39, 0.29) is 0 Å². The molecule has 0 aliphatic carbocycles. The summed E-state index contributed by atoms with van der Waals surface area (Å²) in [5.41, 5.74) is 2.24. The molecular formula is C6H7NO2S2. The number of nitrogens with zero attached hydrogens (tertiary/aromatic N) is 1. The number of aromatic carboxylic acids is 1. The lowest BCUT2D eigenvalue weighted by atomic mass is 10.4. The largest absolute Gasteiger partial charge is 0.477 e. The fourth-order valence-electron chi connectivity index (χ4n) is 0.683. The number of hydrogen-bond acceptors (Lipinski definition) is 4. The van der Waals surface area contributed by atoms with Crippen molar-refractivity contribution in [2.45, 2.75) is 5.75 Å². The van der Waals surface area contributed by atoms with Crippen LogP contribution in [0, 0.1) is 0 Å². The van der Waals surface area contributed by atoms with Gasteiger partial charge in [-0.05, 0) is 6.26 Å². The highest BCUT2D eigenvalue weighted by Crippen LogP contribution is 2.17. The summed E-state index contributed by atoms with van der Waals surface area (Å²) in [6, 6.07) is 0. The SMILES string of the molecule is CSCc1ncsc1C(=O)O. The van der Waals surface area contributed by atoms with Crippen LogP contribution >= 0.6 is 23.1 Å². The van der Waals surface area contributed by atoms with Gasteiger partial charge in [-0.3, -0.25) is 0 Å². The molecule has 1 aromatic heterocycles. The van der Waals surface area contributed by atoms with E-state index in [0.717, 1.165) is 0 Å². The van der Waals surface area contributed by atoms with E-state index in [4.69, 9.17) is 5.11 Å². The van der Waals surface area contributed by atoms with E-state index in [1.165, 1.54) is 11.3 Å². The predicted octanol–water partition coefficient (Wildman–Crippen LogP) is 1.70. The summed E-state index contributed by atoms with van der Waals surface area (Å²) in [6.07, 6.45) is 1.92. The van der Waals surface area contributed by atoms with Gasteiger partial charge < -0.3 is 5.11 Å². The van der Waals surface area contributed by atoms with Crippen molar-refractivity contribution in [2.75, 3.05) is 6.26 Å². The van der Waals surface area contributed by atoms with Crippen LogP contribution < -0.4 is 0 Å². The minimum Gasteiger partial charge on any atom is -0.477 e. The van der Waals surface area contributed by atoms with Crippen molar-refractivity contribution >= 4 is 29.1 Å². The standard InChI is InChI=1S/C6H7NO2S2/c1-10-2-4-5(6(8)9)11-3-7-4/h3H,2H2,1H3,(H,8,9). The Kier molecular flexibility index (Phi) is 2.90. The Bertz CT molecular complexity index is 259. The summed E-state index contributed by atoms with van der Waals surface area (Å²) in [6.45, 7) is 0. The number of hydrogen-bond donors (Lipinski definition) is 1. The molecule has 0 aliphatic heterocycles. The van der Waals surface area contributed by atoms with E-state index in [2.05, 4.69) is 4.98 Å². The van der Waals surface area contributed by atoms with Crippen LogP contribution in [0.1, 0.15) is 15.4 Å². The number of carboxylic acids is 1.